The number of nitrogens with zero attached hydrogens (tertiary/aromatic N) is 2. The van der Waals surface area contributed by atoms with Gasteiger partial charge in [0.2, 0.25) is 5.91 Å². The third-order valence-electron chi connectivity index (χ3n) is 5.15. The Bertz CT molecular complexity index is 1090. The molecular formula is C22H23N3O2S2. The van der Waals surface area contributed by atoms with Gasteiger partial charge in [-0.15, -0.1) is 11.3 Å². The number of nitrogens with one attached hydrogen (secondary N) is 1. The molecule has 0 bridgehead atoms. The number of fused-ring (bicyclic) bond motifs is 3. The minimum atomic E-state index is -0.0901. The summed E-state index contributed by atoms with van der Waals surface area (Å²) in [6.07, 6.45) is 3.36. The topological polar surface area (TPSA) is 72.0 Å². The van der Waals surface area contributed by atoms with Crippen LogP contribution in [0.1, 0.15) is 46.9 Å². The SMILES string of the molecule is CC(=O)c1ccc(NC(=O)CSc2nc(C)nc3sc4c(c23)CC[C@@H](C)C4)cc1. The summed E-state index contributed by atoms with van der Waals surface area (Å²) in [6.45, 7) is 5.73. The summed E-state index contributed by atoms with van der Waals surface area (Å²) in [5.74, 6) is 1.65. The van der Waals surface area contributed by atoms with Crippen molar-refractivity contribution in [1.29, 1.82) is 0 Å². The van der Waals surface area contributed by atoms with Gasteiger partial charge in [-0.2, -0.15) is 0 Å². The Morgan fingerprint density at radius 3 is 2.72 bits per heavy atom. The lowest BCUT2D eigenvalue weighted by atomic mass is 9.89. The van der Waals surface area contributed by atoms with Crippen molar-refractivity contribution in [3.05, 3.63) is 46.1 Å². The van der Waals surface area contributed by atoms with Crippen molar-refractivity contribution >= 4 is 50.7 Å². The first-order chi connectivity index (χ1) is 13.9. The monoisotopic (exact) mass is 425 g/mol. The van der Waals surface area contributed by atoms with E-state index in [4.69, 9.17) is 0 Å². The Labute approximate surface area is 178 Å². The van der Waals surface area contributed by atoms with Gasteiger partial charge >= 0.3 is 0 Å². The number of aromatic nitrogens is 2. The molecule has 1 N–H and O–H groups in total. The van der Waals surface area contributed by atoms with Crippen molar-refractivity contribution in [3.63, 3.8) is 0 Å². The molecule has 2 aromatic heterocycles. The lowest BCUT2D eigenvalue weighted by Crippen LogP contribution is -2.14. The largest absolute Gasteiger partial charge is 0.325 e. The number of benzene rings is 1. The van der Waals surface area contributed by atoms with Gasteiger partial charge in [0.25, 0.3) is 0 Å². The van der Waals surface area contributed by atoms with Crippen LogP contribution in [0.15, 0.2) is 29.3 Å². The summed E-state index contributed by atoms with van der Waals surface area (Å²) in [7, 11) is 0. The molecule has 0 saturated carbocycles. The Morgan fingerprint density at radius 2 is 2.00 bits per heavy atom. The number of ketones is 1. The number of thiophene rings is 1. The highest BCUT2D eigenvalue weighted by molar-refractivity contribution is 8.00. The molecule has 1 atom stereocenters. The van der Waals surface area contributed by atoms with Gasteiger partial charge < -0.3 is 5.32 Å². The van der Waals surface area contributed by atoms with Gasteiger partial charge in [-0.05, 0) is 68.9 Å². The first kappa shape index (κ1) is 20.0. The van der Waals surface area contributed by atoms with E-state index in [2.05, 4.69) is 22.2 Å². The van der Waals surface area contributed by atoms with Crippen LogP contribution >= 0.6 is 23.1 Å². The second-order valence-corrected chi connectivity index (χ2v) is 9.63. The lowest BCUT2D eigenvalue weighted by molar-refractivity contribution is -0.113. The van der Waals surface area contributed by atoms with Crippen molar-refractivity contribution < 1.29 is 9.59 Å². The summed E-state index contributed by atoms with van der Waals surface area (Å²) in [4.78, 5) is 35.6. The second kappa shape index (κ2) is 8.24. The Kier molecular flexibility index (Phi) is 5.69. The first-order valence-corrected chi connectivity index (χ1v) is 11.5. The van der Waals surface area contributed by atoms with Gasteiger partial charge in [0, 0.05) is 21.5 Å². The van der Waals surface area contributed by atoms with E-state index in [1.54, 1.807) is 35.6 Å². The molecule has 150 valence electrons. The summed E-state index contributed by atoms with van der Waals surface area (Å²) in [6, 6.07) is 6.95. The molecule has 0 fully saturated rings. The minimum Gasteiger partial charge on any atom is -0.325 e. The quantitative estimate of drug-likeness (QED) is 0.351. The number of Topliss-reactive ketones (excluding diaryl/α,β-unsaturated/α-hetero) is 1. The number of aryl methyl sites for hydroxylation is 2. The van der Waals surface area contributed by atoms with Gasteiger partial charge in [-0.3, -0.25) is 9.59 Å². The third kappa shape index (κ3) is 4.36. The maximum absolute atomic E-state index is 12.5. The van der Waals surface area contributed by atoms with E-state index in [1.807, 2.05) is 6.92 Å². The molecule has 4 rings (SSSR count). The Morgan fingerprint density at radius 1 is 1.24 bits per heavy atom. The molecule has 2 heterocycles. The van der Waals surface area contributed by atoms with E-state index in [-0.39, 0.29) is 17.4 Å². The normalized spacial score (nSPS) is 15.9. The van der Waals surface area contributed by atoms with Crippen molar-refractivity contribution in [2.24, 2.45) is 5.92 Å². The lowest BCUT2D eigenvalue weighted by Gasteiger charge is -2.18. The summed E-state index contributed by atoms with van der Waals surface area (Å²) in [5.41, 5.74) is 2.70. The predicted molar refractivity (Wildman–Crippen MR) is 119 cm³/mol. The van der Waals surface area contributed by atoms with Crippen LogP contribution < -0.4 is 5.32 Å². The van der Waals surface area contributed by atoms with Crippen molar-refractivity contribution in [2.75, 3.05) is 11.1 Å². The zero-order valence-corrected chi connectivity index (χ0v) is 18.4. The molecule has 1 amide bonds. The predicted octanol–water partition coefficient (Wildman–Crippen LogP) is 5.06. The highest BCUT2D eigenvalue weighted by atomic mass is 32.2. The van der Waals surface area contributed by atoms with Crippen molar-refractivity contribution in [3.8, 4) is 0 Å². The molecule has 0 aliphatic heterocycles. The van der Waals surface area contributed by atoms with E-state index in [0.717, 1.165) is 33.9 Å². The molecule has 3 aromatic rings. The smallest absolute Gasteiger partial charge is 0.234 e. The summed E-state index contributed by atoms with van der Waals surface area (Å²) in [5, 5.41) is 4.94. The van der Waals surface area contributed by atoms with Crippen LogP contribution in [-0.4, -0.2) is 27.4 Å². The van der Waals surface area contributed by atoms with E-state index in [1.165, 1.54) is 35.5 Å². The molecule has 0 spiro atoms. The molecule has 5 nitrogen and oxygen atoms in total. The average molecular weight is 426 g/mol. The number of hydrogen-bond acceptors (Lipinski definition) is 6. The fourth-order valence-corrected chi connectivity index (χ4v) is 6.03. The van der Waals surface area contributed by atoms with Gasteiger partial charge in [0.1, 0.15) is 15.7 Å². The van der Waals surface area contributed by atoms with Crippen LogP contribution in [-0.2, 0) is 17.6 Å². The minimum absolute atomic E-state index is 0.00932. The van der Waals surface area contributed by atoms with Gasteiger partial charge in [0.15, 0.2) is 5.78 Å². The van der Waals surface area contributed by atoms with E-state index >= 15 is 0 Å². The number of rotatable bonds is 5. The van der Waals surface area contributed by atoms with Crippen molar-refractivity contribution in [1.82, 2.24) is 9.97 Å². The summed E-state index contributed by atoms with van der Waals surface area (Å²) < 4.78 is 0. The van der Waals surface area contributed by atoms with E-state index in [0.29, 0.717) is 17.2 Å². The van der Waals surface area contributed by atoms with Crippen LogP contribution in [0.5, 0.6) is 0 Å². The fourth-order valence-electron chi connectivity index (χ4n) is 3.63. The van der Waals surface area contributed by atoms with E-state index < -0.39 is 0 Å². The molecular weight excluding hydrogens is 402 g/mol. The second-order valence-electron chi connectivity index (χ2n) is 7.58. The molecule has 1 aliphatic rings. The maximum Gasteiger partial charge on any atom is 0.234 e. The van der Waals surface area contributed by atoms with Crippen molar-refractivity contribution in [2.45, 2.75) is 45.1 Å². The Hall–Kier alpha value is -2.25. The number of thioether (sulfide) groups is 1. The maximum atomic E-state index is 12.5. The first-order valence-electron chi connectivity index (χ1n) is 9.73. The summed E-state index contributed by atoms with van der Waals surface area (Å²) >= 11 is 3.25. The molecule has 1 aliphatic carbocycles. The third-order valence-corrected chi connectivity index (χ3v) is 7.27. The van der Waals surface area contributed by atoms with Crippen LogP contribution in [0.4, 0.5) is 5.69 Å². The van der Waals surface area contributed by atoms with Gasteiger partial charge in [0.05, 0.1) is 5.75 Å². The number of anilines is 1. The highest BCUT2D eigenvalue weighted by Gasteiger charge is 2.24. The zero-order chi connectivity index (χ0) is 20.5. The van der Waals surface area contributed by atoms with Gasteiger partial charge in [-0.1, -0.05) is 18.7 Å². The molecule has 0 radical (unpaired) electrons. The number of carbonyl (C=O) groups excluding carboxylic acids is 2. The molecule has 0 saturated heterocycles. The molecule has 7 heteroatoms. The van der Waals surface area contributed by atoms with Crippen LogP contribution in [0.2, 0.25) is 0 Å². The molecule has 0 unspecified atom stereocenters. The fraction of sp³-hybridized carbons (Fsp3) is 0.364. The van der Waals surface area contributed by atoms with Gasteiger partial charge in [-0.25, -0.2) is 9.97 Å². The zero-order valence-electron chi connectivity index (χ0n) is 16.7. The average Bonchev–Trinajstić information content (AvgIpc) is 3.03. The van der Waals surface area contributed by atoms with Crippen LogP contribution in [0.3, 0.4) is 0 Å². The standard InChI is InChI=1S/C22H23N3O2S2/c1-12-4-9-17-18(10-12)29-22-20(17)21(23-14(3)24-22)28-11-19(27)25-16-7-5-15(6-8-16)13(2)26/h5-8,12H,4,9-11H2,1-3H3,(H,25,27)/t12-/m1/s1. The Balaban J connectivity index is 1.50. The van der Waals surface area contributed by atoms with E-state index in [9.17, 15) is 9.59 Å². The van der Waals surface area contributed by atoms with Crippen LogP contribution in [0.25, 0.3) is 10.2 Å². The molecule has 29 heavy (non-hydrogen) atoms. The number of carbonyl (C=O) groups is 2. The highest BCUT2D eigenvalue weighted by Crippen LogP contribution is 2.40. The molecule has 1 aromatic carbocycles. The number of amides is 1. The number of hydrogen-bond donors (Lipinski definition) is 1. The van der Waals surface area contributed by atoms with Crippen LogP contribution in [0, 0.1) is 12.8 Å².